The van der Waals surface area contributed by atoms with Crippen molar-refractivity contribution in [2.24, 2.45) is 0 Å². The molecule has 3 aliphatic rings. The largest absolute Gasteiger partial charge is 0.508 e. The molecule has 0 aliphatic carbocycles. The summed E-state index contributed by atoms with van der Waals surface area (Å²) < 4.78 is 10.5. The van der Waals surface area contributed by atoms with Gasteiger partial charge in [0.15, 0.2) is 5.72 Å². The predicted octanol–water partition coefficient (Wildman–Crippen LogP) is 0.352. The van der Waals surface area contributed by atoms with Crippen molar-refractivity contribution < 1.29 is 29.0 Å². The van der Waals surface area contributed by atoms with Crippen molar-refractivity contribution in [3.63, 3.8) is 0 Å². The molecule has 0 unspecified atom stereocenters. The van der Waals surface area contributed by atoms with Crippen molar-refractivity contribution in [3.8, 4) is 5.75 Å². The van der Waals surface area contributed by atoms with Crippen LogP contribution < -0.4 is 0 Å². The van der Waals surface area contributed by atoms with Gasteiger partial charge in [0.25, 0.3) is 5.91 Å². The highest BCUT2D eigenvalue weighted by atomic mass is 16.5. The van der Waals surface area contributed by atoms with Crippen molar-refractivity contribution >= 4 is 17.8 Å². The topological polar surface area (TPSA) is 96.4 Å². The van der Waals surface area contributed by atoms with Gasteiger partial charge in [-0.1, -0.05) is 0 Å². The Kier molecular flexibility index (Phi) is 3.47. The van der Waals surface area contributed by atoms with E-state index in [2.05, 4.69) is 4.74 Å². The van der Waals surface area contributed by atoms with Gasteiger partial charge in [0, 0.05) is 25.1 Å². The first kappa shape index (κ1) is 15.9. The van der Waals surface area contributed by atoms with Gasteiger partial charge in [-0.25, -0.2) is 4.79 Å². The molecule has 8 nitrogen and oxygen atoms in total. The number of carbonyl (C=O) groups is 3. The Morgan fingerprint density at radius 1 is 1.28 bits per heavy atom. The van der Waals surface area contributed by atoms with Crippen LogP contribution in [0.2, 0.25) is 0 Å². The number of likely N-dealkylation sites (tertiary alicyclic amines) is 1. The van der Waals surface area contributed by atoms with E-state index in [4.69, 9.17) is 4.74 Å². The number of aromatic hydroxyl groups is 1. The molecule has 0 radical (unpaired) electrons. The molecule has 0 aromatic heterocycles. The molecule has 2 amide bonds. The molecule has 3 heterocycles. The van der Waals surface area contributed by atoms with E-state index in [1.165, 1.54) is 25.3 Å². The number of rotatable bonds is 2. The van der Waals surface area contributed by atoms with Gasteiger partial charge in [-0.05, 0) is 18.2 Å². The fourth-order valence-corrected chi connectivity index (χ4v) is 4.17. The van der Waals surface area contributed by atoms with Gasteiger partial charge in [0.2, 0.25) is 5.91 Å². The number of phenolic OH excluding ortho intramolecular Hbond substituents is 1. The third-order valence-electron chi connectivity index (χ3n) is 5.25. The van der Waals surface area contributed by atoms with Crippen molar-refractivity contribution in [1.82, 2.24) is 9.80 Å². The first-order valence-corrected chi connectivity index (χ1v) is 8.14. The molecule has 0 bridgehead atoms. The third-order valence-corrected chi connectivity index (χ3v) is 5.25. The lowest BCUT2D eigenvalue weighted by molar-refractivity contribution is -0.136. The van der Waals surface area contributed by atoms with Gasteiger partial charge in [-0.2, -0.15) is 0 Å². The first-order chi connectivity index (χ1) is 12.0. The lowest BCUT2D eigenvalue weighted by Crippen LogP contribution is -2.48. The number of benzene rings is 1. The summed E-state index contributed by atoms with van der Waals surface area (Å²) in [5, 5.41) is 9.84. The number of nitrogens with zero attached hydrogens (tertiary/aromatic N) is 2. The zero-order chi connectivity index (χ0) is 17.8. The van der Waals surface area contributed by atoms with E-state index in [-0.39, 0.29) is 41.2 Å². The lowest BCUT2D eigenvalue weighted by atomic mass is 10.0. The van der Waals surface area contributed by atoms with Crippen molar-refractivity contribution in [1.29, 1.82) is 0 Å². The molecule has 4 rings (SSSR count). The normalized spacial score (nSPS) is 27.4. The maximum Gasteiger partial charge on any atom is 0.338 e. The highest BCUT2D eigenvalue weighted by Crippen LogP contribution is 2.46. The maximum absolute atomic E-state index is 13.0. The molecule has 3 saturated heterocycles. The van der Waals surface area contributed by atoms with Crippen LogP contribution in [0.15, 0.2) is 18.2 Å². The molecular formula is C17H18N2O6. The average molecular weight is 346 g/mol. The number of hydrogen-bond acceptors (Lipinski definition) is 6. The van der Waals surface area contributed by atoms with Gasteiger partial charge in [-0.15, -0.1) is 0 Å². The molecule has 132 valence electrons. The summed E-state index contributed by atoms with van der Waals surface area (Å²) in [4.78, 5) is 40.2. The van der Waals surface area contributed by atoms with Gasteiger partial charge >= 0.3 is 5.97 Å². The number of phenols is 1. The Bertz CT molecular complexity index is 778. The van der Waals surface area contributed by atoms with Crippen LogP contribution in [0.4, 0.5) is 0 Å². The SMILES string of the molecule is COC(=O)c1cc(O)cc(C(=O)N2CC[C@@]34OCCN3C(=O)C[C@@H]24)c1. The Morgan fingerprint density at radius 3 is 2.80 bits per heavy atom. The second-order valence-electron chi connectivity index (χ2n) is 6.47. The molecule has 25 heavy (non-hydrogen) atoms. The number of carbonyl (C=O) groups excluding carboxylic acids is 3. The number of amides is 2. The monoisotopic (exact) mass is 346 g/mol. The van der Waals surface area contributed by atoms with E-state index >= 15 is 0 Å². The van der Waals surface area contributed by atoms with Crippen LogP contribution in [-0.4, -0.2) is 71.3 Å². The second kappa shape index (κ2) is 5.45. The molecular weight excluding hydrogens is 328 g/mol. The molecule has 1 aromatic carbocycles. The van der Waals surface area contributed by atoms with Gasteiger partial charge in [0.1, 0.15) is 5.75 Å². The predicted molar refractivity (Wildman–Crippen MR) is 83.9 cm³/mol. The number of methoxy groups -OCH3 is 1. The second-order valence-corrected chi connectivity index (χ2v) is 6.47. The molecule has 1 spiro atoms. The van der Waals surface area contributed by atoms with Crippen LogP contribution >= 0.6 is 0 Å². The summed E-state index contributed by atoms with van der Waals surface area (Å²) in [6.07, 6.45) is 0.798. The van der Waals surface area contributed by atoms with Crippen LogP contribution in [-0.2, 0) is 14.3 Å². The Balaban J connectivity index is 1.65. The van der Waals surface area contributed by atoms with E-state index < -0.39 is 11.7 Å². The third kappa shape index (κ3) is 2.21. The van der Waals surface area contributed by atoms with Crippen LogP contribution in [0.25, 0.3) is 0 Å². The molecule has 3 fully saturated rings. The van der Waals surface area contributed by atoms with Crippen LogP contribution in [0, 0.1) is 0 Å². The maximum atomic E-state index is 13.0. The highest BCUT2D eigenvalue weighted by Gasteiger charge is 2.62. The van der Waals surface area contributed by atoms with Gasteiger partial charge in [-0.3, -0.25) is 9.59 Å². The van der Waals surface area contributed by atoms with Crippen LogP contribution in [0.1, 0.15) is 33.6 Å². The van der Waals surface area contributed by atoms with Crippen molar-refractivity contribution in [2.45, 2.75) is 24.6 Å². The highest BCUT2D eigenvalue weighted by molar-refractivity contribution is 5.99. The van der Waals surface area contributed by atoms with E-state index in [0.29, 0.717) is 26.1 Å². The standard InChI is InChI=1S/C17H18N2O6/c1-24-16(23)11-6-10(7-12(20)8-11)15(22)18-3-2-17-13(18)9-14(21)19(17)4-5-25-17/h6-8,13,20H,2-5,9H2,1H3/t13-,17+/m1/s1. The molecule has 8 heteroatoms. The fourth-order valence-electron chi connectivity index (χ4n) is 4.17. The molecule has 3 aliphatic heterocycles. The Labute approximate surface area is 143 Å². The molecule has 1 aromatic rings. The summed E-state index contributed by atoms with van der Waals surface area (Å²) in [6.45, 7) is 1.48. The fraction of sp³-hybridized carbons (Fsp3) is 0.471. The van der Waals surface area contributed by atoms with Crippen molar-refractivity contribution in [3.05, 3.63) is 29.3 Å². The Morgan fingerprint density at radius 2 is 2.04 bits per heavy atom. The summed E-state index contributed by atoms with van der Waals surface area (Å²) in [7, 11) is 1.23. The van der Waals surface area contributed by atoms with E-state index in [9.17, 15) is 19.5 Å². The molecule has 0 saturated carbocycles. The van der Waals surface area contributed by atoms with Gasteiger partial charge in [0.05, 0.1) is 31.7 Å². The van der Waals surface area contributed by atoms with Crippen LogP contribution in [0.3, 0.4) is 0 Å². The van der Waals surface area contributed by atoms with Crippen molar-refractivity contribution in [2.75, 3.05) is 26.8 Å². The van der Waals surface area contributed by atoms with Gasteiger partial charge < -0.3 is 24.4 Å². The molecule has 1 N–H and O–H groups in total. The zero-order valence-corrected chi connectivity index (χ0v) is 13.7. The minimum Gasteiger partial charge on any atom is -0.508 e. The minimum atomic E-state index is -0.714. The first-order valence-electron chi connectivity index (χ1n) is 8.14. The minimum absolute atomic E-state index is 0.00819. The summed E-state index contributed by atoms with van der Waals surface area (Å²) in [6, 6.07) is 3.60. The number of hydrogen-bond donors (Lipinski definition) is 1. The van der Waals surface area contributed by atoms with E-state index in [1.54, 1.807) is 9.80 Å². The molecule has 2 atom stereocenters. The van der Waals surface area contributed by atoms with E-state index in [0.717, 1.165) is 0 Å². The Hall–Kier alpha value is -2.61. The number of esters is 1. The zero-order valence-electron chi connectivity index (χ0n) is 13.7. The summed E-state index contributed by atoms with van der Waals surface area (Å²) >= 11 is 0. The van der Waals surface area contributed by atoms with Crippen LogP contribution in [0.5, 0.6) is 5.75 Å². The smallest absolute Gasteiger partial charge is 0.338 e. The summed E-state index contributed by atoms with van der Waals surface area (Å²) in [5.41, 5.74) is -0.434. The van der Waals surface area contributed by atoms with E-state index in [1.807, 2.05) is 0 Å². The number of ether oxygens (including phenoxy) is 2. The lowest BCUT2D eigenvalue weighted by Gasteiger charge is -2.31. The quantitative estimate of drug-likeness (QED) is 0.777. The summed E-state index contributed by atoms with van der Waals surface area (Å²) in [5.74, 6) is -1.18. The average Bonchev–Trinajstić information content (AvgIpc) is 3.24.